The van der Waals surface area contributed by atoms with E-state index in [1.165, 1.54) is 12.4 Å². The molecular formula is C19H18N4O2. The minimum atomic E-state index is -0.400. The average Bonchev–Trinajstić information content (AvgIpc) is 2.68. The number of amides is 2. The number of pyridine rings is 1. The molecule has 2 aromatic rings. The summed E-state index contributed by atoms with van der Waals surface area (Å²) < 4.78 is 0. The lowest BCUT2D eigenvalue weighted by atomic mass is 10.1. The number of para-hydroxylation sites is 1. The zero-order chi connectivity index (χ0) is 17.6. The van der Waals surface area contributed by atoms with E-state index in [4.69, 9.17) is 5.26 Å². The molecule has 2 amide bonds. The summed E-state index contributed by atoms with van der Waals surface area (Å²) >= 11 is 0. The number of rotatable bonds is 3. The minimum Gasteiger partial charge on any atom is -0.339 e. The zero-order valence-electron chi connectivity index (χ0n) is 13.7. The summed E-state index contributed by atoms with van der Waals surface area (Å²) in [4.78, 5) is 30.8. The normalized spacial score (nSPS) is 13.8. The Morgan fingerprint density at radius 3 is 2.56 bits per heavy atom. The summed E-state index contributed by atoms with van der Waals surface area (Å²) in [5.74, 6) is -0.497. The second-order valence-corrected chi connectivity index (χ2v) is 5.93. The number of nitrogens with one attached hydrogen (secondary N) is 1. The van der Waals surface area contributed by atoms with Crippen molar-refractivity contribution in [3.05, 3.63) is 59.4 Å². The van der Waals surface area contributed by atoms with Crippen molar-refractivity contribution in [1.82, 2.24) is 9.88 Å². The summed E-state index contributed by atoms with van der Waals surface area (Å²) in [7, 11) is 0. The Morgan fingerprint density at radius 2 is 1.80 bits per heavy atom. The number of aromatic nitrogens is 1. The molecule has 1 fully saturated rings. The molecule has 3 rings (SSSR count). The van der Waals surface area contributed by atoms with Gasteiger partial charge in [-0.2, -0.15) is 5.26 Å². The molecule has 0 radical (unpaired) electrons. The number of benzene rings is 1. The second-order valence-electron chi connectivity index (χ2n) is 5.93. The van der Waals surface area contributed by atoms with Crippen LogP contribution < -0.4 is 5.32 Å². The lowest BCUT2D eigenvalue weighted by Crippen LogP contribution is -2.35. The maximum absolute atomic E-state index is 12.5. The topological polar surface area (TPSA) is 86.1 Å². The summed E-state index contributed by atoms with van der Waals surface area (Å²) in [5.41, 5.74) is 1.51. The number of hydrogen-bond donors (Lipinski definition) is 1. The molecule has 2 heterocycles. The Kier molecular flexibility index (Phi) is 5.05. The molecule has 1 aromatic heterocycles. The molecule has 0 saturated carbocycles. The Morgan fingerprint density at radius 1 is 1.08 bits per heavy atom. The first-order valence-electron chi connectivity index (χ1n) is 8.24. The van der Waals surface area contributed by atoms with E-state index in [1.807, 2.05) is 6.07 Å². The lowest BCUT2D eigenvalue weighted by molar-refractivity contribution is 0.0724. The molecule has 1 N–H and O–H groups in total. The van der Waals surface area contributed by atoms with E-state index in [1.54, 1.807) is 35.2 Å². The van der Waals surface area contributed by atoms with Gasteiger partial charge in [0, 0.05) is 25.5 Å². The molecule has 0 unspecified atom stereocenters. The van der Waals surface area contributed by atoms with E-state index in [0.29, 0.717) is 16.8 Å². The van der Waals surface area contributed by atoms with Crippen molar-refractivity contribution in [2.45, 2.75) is 19.3 Å². The lowest BCUT2D eigenvalue weighted by Gasteiger charge is -2.26. The van der Waals surface area contributed by atoms with Gasteiger partial charge in [0.1, 0.15) is 6.07 Å². The molecule has 1 aliphatic rings. The molecule has 1 aliphatic heterocycles. The van der Waals surface area contributed by atoms with Crippen LogP contribution in [0.25, 0.3) is 0 Å². The van der Waals surface area contributed by atoms with Gasteiger partial charge in [-0.15, -0.1) is 0 Å². The Labute approximate surface area is 146 Å². The number of hydrogen-bond acceptors (Lipinski definition) is 4. The fourth-order valence-electron chi connectivity index (χ4n) is 2.84. The molecule has 6 heteroatoms. The van der Waals surface area contributed by atoms with E-state index in [-0.39, 0.29) is 11.5 Å². The minimum absolute atomic E-state index is 0.0979. The number of carbonyl (C=O) groups excluding carboxylic acids is 2. The van der Waals surface area contributed by atoms with Crippen LogP contribution in [0, 0.1) is 11.3 Å². The van der Waals surface area contributed by atoms with Gasteiger partial charge >= 0.3 is 0 Å². The van der Waals surface area contributed by atoms with Gasteiger partial charge in [-0.05, 0) is 37.5 Å². The number of carbonyl (C=O) groups is 2. The van der Waals surface area contributed by atoms with Crippen LogP contribution in [0.2, 0.25) is 0 Å². The van der Waals surface area contributed by atoms with Crippen molar-refractivity contribution in [1.29, 1.82) is 5.26 Å². The van der Waals surface area contributed by atoms with Gasteiger partial charge in [-0.3, -0.25) is 14.6 Å². The monoisotopic (exact) mass is 334 g/mol. The molecule has 25 heavy (non-hydrogen) atoms. The third-order valence-corrected chi connectivity index (χ3v) is 4.19. The van der Waals surface area contributed by atoms with E-state index in [9.17, 15) is 9.59 Å². The maximum atomic E-state index is 12.5. The third kappa shape index (κ3) is 3.83. The van der Waals surface area contributed by atoms with Gasteiger partial charge < -0.3 is 10.2 Å². The summed E-state index contributed by atoms with van der Waals surface area (Å²) in [6, 6.07) is 10.3. The fraction of sp³-hybridized carbons (Fsp3) is 0.263. The van der Waals surface area contributed by atoms with Crippen molar-refractivity contribution >= 4 is 17.5 Å². The van der Waals surface area contributed by atoms with Gasteiger partial charge in [-0.25, -0.2) is 0 Å². The van der Waals surface area contributed by atoms with Crippen molar-refractivity contribution in [3.8, 4) is 6.07 Å². The summed E-state index contributed by atoms with van der Waals surface area (Å²) in [6.07, 6.45) is 6.05. The van der Waals surface area contributed by atoms with Crippen molar-refractivity contribution < 1.29 is 9.59 Å². The van der Waals surface area contributed by atoms with Gasteiger partial charge in [0.2, 0.25) is 0 Å². The van der Waals surface area contributed by atoms with E-state index in [2.05, 4.69) is 10.3 Å². The first-order valence-corrected chi connectivity index (χ1v) is 8.24. The molecule has 0 atom stereocenters. The smallest absolute Gasteiger partial charge is 0.257 e. The first kappa shape index (κ1) is 16.7. The fourth-order valence-corrected chi connectivity index (χ4v) is 2.84. The number of nitrogens with zero attached hydrogens (tertiary/aromatic N) is 3. The summed E-state index contributed by atoms with van der Waals surface area (Å²) in [5, 5.41) is 11.8. The molecule has 0 bridgehead atoms. The maximum Gasteiger partial charge on any atom is 0.257 e. The van der Waals surface area contributed by atoms with Crippen LogP contribution in [0.3, 0.4) is 0 Å². The van der Waals surface area contributed by atoms with E-state index < -0.39 is 5.91 Å². The Balaban J connectivity index is 1.77. The Bertz CT molecular complexity index is 835. The number of likely N-dealkylation sites (tertiary alicyclic amines) is 1. The Hall–Kier alpha value is -3.20. The highest BCUT2D eigenvalue weighted by molar-refractivity contribution is 6.06. The third-order valence-electron chi connectivity index (χ3n) is 4.19. The molecule has 1 saturated heterocycles. The largest absolute Gasteiger partial charge is 0.339 e. The number of anilines is 1. The molecule has 0 spiro atoms. The van der Waals surface area contributed by atoms with Gasteiger partial charge in [0.15, 0.2) is 0 Å². The standard InChI is InChI=1S/C19H18N4O2/c20-11-14-6-2-3-7-17(14)22-18(24)15-10-16(13-21-12-15)19(25)23-8-4-1-5-9-23/h2-3,6-7,10,12-13H,1,4-5,8-9H2,(H,22,24). The molecular weight excluding hydrogens is 316 g/mol. The number of nitriles is 1. The zero-order valence-corrected chi connectivity index (χ0v) is 13.7. The van der Waals surface area contributed by atoms with Crippen molar-refractivity contribution in [2.24, 2.45) is 0 Å². The van der Waals surface area contributed by atoms with Crippen LogP contribution in [0.5, 0.6) is 0 Å². The van der Waals surface area contributed by atoms with Crippen LogP contribution in [0.15, 0.2) is 42.7 Å². The molecule has 1 aromatic carbocycles. The highest BCUT2D eigenvalue weighted by Gasteiger charge is 2.19. The summed E-state index contributed by atoms with van der Waals surface area (Å²) in [6.45, 7) is 1.48. The van der Waals surface area contributed by atoms with Crippen molar-refractivity contribution in [3.63, 3.8) is 0 Å². The molecule has 126 valence electrons. The van der Waals surface area contributed by atoms with Crippen LogP contribution in [0.4, 0.5) is 5.69 Å². The van der Waals surface area contributed by atoms with Crippen molar-refractivity contribution in [2.75, 3.05) is 18.4 Å². The molecule has 0 aliphatic carbocycles. The SMILES string of the molecule is N#Cc1ccccc1NC(=O)c1cncc(C(=O)N2CCCCC2)c1. The predicted molar refractivity (Wildman–Crippen MR) is 93.1 cm³/mol. The predicted octanol–water partition coefficient (Wildman–Crippen LogP) is 2.83. The van der Waals surface area contributed by atoms with Crippen LogP contribution in [-0.2, 0) is 0 Å². The second kappa shape index (κ2) is 7.58. The molecule has 6 nitrogen and oxygen atoms in total. The van der Waals surface area contributed by atoms with Gasteiger partial charge in [0.25, 0.3) is 11.8 Å². The van der Waals surface area contributed by atoms with Gasteiger partial charge in [0.05, 0.1) is 22.4 Å². The van der Waals surface area contributed by atoms with Crippen LogP contribution >= 0.6 is 0 Å². The van der Waals surface area contributed by atoms with Crippen LogP contribution in [0.1, 0.15) is 45.5 Å². The average molecular weight is 334 g/mol. The van der Waals surface area contributed by atoms with Crippen LogP contribution in [-0.4, -0.2) is 34.8 Å². The highest BCUT2D eigenvalue weighted by Crippen LogP contribution is 2.17. The van der Waals surface area contributed by atoms with Gasteiger partial charge in [-0.1, -0.05) is 12.1 Å². The van der Waals surface area contributed by atoms with E-state index in [0.717, 1.165) is 32.4 Å². The quantitative estimate of drug-likeness (QED) is 0.935. The first-order chi connectivity index (χ1) is 12.2. The number of piperidine rings is 1. The van der Waals surface area contributed by atoms with E-state index >= 15 is 0 Å². The highest BCUT2D eigenvalue weighted by atomic mass is 16.2.